The van der Waals surface area contributed by atoms with E-state index < -0.39 is 0 Å². The highest BCUT2D eigenvalue weighted by molar-refractivity contribution is 7.09. The second-order valence-electron chi connectivity index (χ2n) is 4.72. The van der Waals surface area contributed by atoms with Crippen LogP contribution >= 0.6 is 11.3 Å². The number of benzene rings is 1. The molecule has 2 aromatic heterocycles. The van der Waals surface area contributed by atoms with Crippen LogP contribution in [0, 0.1) is 0 Å². The van der Waals surface area contributed by atoms with E-state index in [2.05, 4.69) is 4.98 Å². The summed E-state index contributed by atoms with van der Waals surface area (Å²) >= 11 is 1.56. The van der Waals surface area contributed by atoms with Crippen LogP contribution in [-0.4, -0.2) is 27.4 Å². The molecular formula is C16H15N3OS. The van der Waals surface area contributed by atoms with E-state index in [0.29, 0.717) is 12.1 Å². The van der Waals surface area contributed by atoms with Crippen LogP contribution in [0.2, 0.25) is 0 Å². The molecule has 1 aromatic carbocycles. The van der Waals surface area contributed by atoms with E-state index in [-0.39, 0.29) is 5.91 Å². The molecule has 5 heteroatoms. The molecule has 3 aromatic rings. The summed E-state index contributed by atoms with van der Waals surface area (Å²) in [5.74, 6) is 0.00394. The Kier molecular flexibility index (Phi) is 3.83. The highest BCUT2D eigenvalue weighted by Gasteiger charge is 2.13. The maximum Gasteiger partial charge on any atom is 0.253 e. The Balaban J connectivity index is 1.72. The lowest BCUT2D eigenvalue weighted by molar-refractivity contribution is 0.0785. The quantitative estimate of drug-likeness (QED) is 0.741. The molecule has 0 fully saturated rings. The molecule has 0 radical (unpaired) electrons. The van der Waals surface area contributed by atoms with E-state index in [1.54, 1.807) is 29.5 Å². The predicted octanol–water partition coefficient (Wildman–Crippen LogP) is 3.21. The molecule has 0 bridgehead atoms. The molecule has 3 rings (SSSR count). The van der Waals surface area contributed by atoms with E-state index in [9.17, 15) is 4.79 Å². The van der Waals surface area contributed by atoms with Crippen LogP contribution in [0.3, 0.4) is 0 Å². The fraction of sp³-hybridized carbons (Fsp3) is 0.125. The molecule has 0 spiro atoms. The van der Waals surface area contributed by atoms with Gasteiger partial charge in [-0.3, -0.25) is 4.79 Å². The van der Waals surface area contributed by atoms with Crippen molar-refractivity contribution in [2.45, 2.75) is 6.54 Å². The Labute approximate surface area is 127 Å². The van der Waals surface area contributed by atoms with Crippen LogP contribution in [0.1, 0.15) is 15.4 Å². The molecule has 2 heterocycles. The molecule has 0 unspecified atom stereocenters. The summed E-state index contributed by atoms with van der Waals surface area (Å²) in [6.07, 6.45) is 5.71. The first-order valence-corrected chi connectivity index (χ1v) is 7.49. The van der Waals surface area contributed by atoms with Crippen molar-refractivity contribution in [1.29, 1.82) is 0 Å². The third-order valence-electron chi connectivity index (χ3n) is 3.22. The third-order valence-corrected chi connectivity index (χ3v) is 3.98. The summed E-state index contributed by atoms with van der Waals surface area (Å²) in [6.45, 7) is 0.538. The Hall–Kier alpha value is -2.40. The first-order chi connectivity index (χ1) is 10.2. The number of aromatic nitrogens is 2. The van der Waals surface area contributed by atoms with E-state index >= 15 is 0 Å². The summed E-state index contributed by atoms with van der Waals surface area (Å²) in [7, 11) is 1.80. The summed E-state index contributed by atoms with van der Waals surface area (Å²) in [6, 6.07) is 11.6. The predicted molar refractivity (Wildman–Crippen MR) is 83.7 cm³/mol. The number of hydrogen-bond acceptors (Lipinski definition) is 3. The number of carbonyl (C=O) groups is 1. The number of amides is 1. The lowest BCUT2D eigenvalue weighted by atomic mass is 10.2. The maximum atomic E-state index is 12.4. The van der Waals surface area contributed by atoms with Gasteiger partial charge in [-0.2, -0.15) is 0 Å². The summed E-state index contributed by atoms with van der Waals surface area (Å²) < 4.78 is 2.01. The largest absolute Gasteiger partial charge is 0.335 e. The lowest BCUT2D eigenvalue weighted by Gasteiger charge is -2.16. The van der Waals surface area contributed by atoms with Crippen LogP contribution < -0.4 is 0 Å². The fourth-order valence-electron chi connectivity index (χ4n) is 2.11. The van der Waals surface area contributed by atoms with Crippen LogP contribution in [-0.2, 0) is 6.54 Å². The van der Waals surface area contributed by atoms with Crippen molar-refractivity contribution in [2.24, 2.45) is 0 Å². The number of rotatable bonds is 4. The van der Waals surface area contributed by atoms with Gasteiger partial charge in [-0.15, -0.1) is 11.3 Å². The second kappa shape index (κ2) is 5.93. The molecule has 0 aliphatic heterocycles. The van der Waals surface area contributed by atoms with E-state index in [1.165, 1.54) is 0 Å². The monoisotopic (exact) mass is 297 g/mol. The van der Waals surface area contributed by atoms with Crippen molar-refractivity contribution in [3.63, 3.8) is 0 Å². The zero-order valence-corrected chi connectivity index (χ0v) is 12.5. The van der Waals surface area contributed by atoms with Crippen molar-refractivity contribution in [1.82, 2.24) is 14.5 Å². The molecule has 0 N–H and O–H groups in total. The molecular weight excluding hydrogens is 282 g/mol. The van der Waals surface area contributed by atoms with Gasteiger partial charge in [-0.1, -0.05) is 0 Å². The molecule has 106 valence electrons. The molecule has 0 aliphatic rings. The van der Waals surface area contributed by atoms with Gasteiger partial charge in [0.15, 0.2) is 0 Å². The van der Waals surface area contributed by atoms with Gasteiger partial charge < -0.3 is 9.47 Å². The van der Waals surface area contributed by atoms with Gasteiger partial charge in [0.05, 0.1) is 6.54 Å². The van der Waals surface area contributed by atoms with Crippen LogP contribution in [0.15, 0.2) is 60.4 Å². The molecule has 0 atom stereocenters. The average molecular weight is 297 g/mol. The minimum atomic E-state index is 0.00394. The lowest BCUT2D eigenvalue weighted by Crippen LogP contribution is -2.26. The standard InChI is InChI=1S/C16H15N3OS/c1-18(12-15-17-8-11-21-15)16(20)13-4-6-14(7-5-13)19-9-2-3-10-19/h2-11H,12H2,1H3. The summed E-state index contributed by atoms with van der Waals surface area (Å²) in [4.78, 5) is 18.3. The zero-order chi connectivity index (χ0) is 14.7. The number of hydrogen-bond donors (Lipinski definition) is 0. The zero-order valence-electron chi connectivity index (χ0n) is 11.6. The molecule has 21 heavy (non-hydrogen) atoms. The minimum Gasteiger partial charge on any atom is -0.335 e. The fourth-order valence-corrected chi connectivity index (χ4v) is 2.78. The van der Waals surface area contributed by atoms with Crippen LogP contribution in [0.5, 0.6) is 0 Å². The maximum absolute atomic E-state index is 12.4. The average Bonchev–Trinajstić information content (AvgIpc) is 3.20. The van der Waals surface area contributed by atoms with Crippen LogP contribution in [0.4, 0.5) is 0 Å². The molecule has 4 nitrogen and oxygen atoms in total. The molecule has 0 saturated carbocycles. The summed E-state index contributed by atoms with van der Waals surface area (Å²) in [5.41, 5.74) is 1.73. The van der Waals surface area contributed by atoms with Crippen LogP contribution in [0.25, 0.3) is 5.69 Å². The van der Waals surface area contributed by atoms with Crippen molar-refractivity contribution in [2.75, 3.05) is 7.05 Å². The molecule has 0 aliphatic carbocycles. The first kappa shape index (κ1) is 13.6. The van der Waals surface area contributed by atoms with Gasteiger partial charge >= 0.3 is 0 Å². The number of thiazole rings is 1. The Morgan fingerprint density at radius 3 is 2.57 bits per heavy atom. The van der Waals surface area contributed by atoms with Gasteiger partial charge in [0.1, 0.15) is 5.01 Å². The minimum absolute atomic E-state index is 0.00394. The van der Waals surface area contributed by atoms with Gasteiger partial charge in [0.2, 0.25) is 0 Å². The van der Waals surface area contributed by atoms with Gasteiger partial charge in [0, 0.05) is 42.3 Å². The Morgan fingerprint density at radius 1 is 1.24 bits per heavy atom. The number of carbonyl (C=O) groups excluding carboxylic acids is 1. The highest BCUT2D eigenvalue weighted by atomic mass is 32.1. The van der Waals surface area contributed by atoms with Crippen molar-refractivity contribution < 1.29 is 4.79 Å². The second-order valence-corrected chi connectivity index (χ2v) is 5.70. The van der Waals surface area contributed by atoms with Gasteiger partial charge in [-0.25, -0.2) is 4.98 Å². The van der Waals surface area contributed by atoms with Crippen molar-refractivity contribution in [3.8, 4) is 5.69 Å². The van der Waals surface area contributed by atoms with Crippen molar-refractivity contribution in [3.05, 3.63) is 70.9 Å². The third kappa shape index (κ3) is 3.03. The number of nitrogens with zero attached hydrogens (tertiary/aromatic N) is 3. The smallest absolute Gasteiger partial charge is 0.253 e. The Morgan fingerprint density at radius 2 is 1.95 bits per heavy atom. The van der Waals surface area contributed by atoms with E-state index in [1.807, 2.05) is 58.7 Å². The van der Waals surface area contributed by atoms with Crippen molar-refractivity contribution >= 4 is 17.2 Å². The normalized spacial score (nSPS) is 10.5. The van der Waals surface area contributed by atoms with E-state index in [4.69, 9.17) is 0 Å². The SMILES string of the molecule is CN(Cc1nccs1)C(=O)c1ccc(-n2cccc2)cc1. The molecule has 0 saturated heterocycles. The summed E-state index contributed by atoms with van der Waals surface area (Å²) in [5, 5.41) is 2.86. The van der Waals surface area contributed by atoms with E-state index in [0.717, 1.165) is 10.7 Å². The Bertz CT molecular complexity index is 703. The first-order valence-electron chi connectivity index (χ1n) is 6.61. The van der Waals surface area contributed by atoms with Gasteiger partial charge in [-0.05, 0) is 36.4 Å². The topological polar surface area (TPSA) is 38.1 Å². The van der Waals surface area contributed by atoms with Gasteiger partial charge in [0.25, 0.3) is 5.91 Å². The highest BCUT2D eigenvalue weighted by Crippen LogP contribution is 2.13. The molecule has 1 amide bonds.